The smallest absolute Gasteiger partial charge is 0.191 e. The Kier molecular flexibility index (Phi) is 8.31. The Morgan fingerprint density at radius 2 is 1.78 bits per heavy atom. The molecule has 0 aliphatic carbocycles. The van der Waals surface area contributed by atoms with Crippen LogP contribution in [0, 0.1) is 0 Å². The lowest BCUT2D eigenvalue weighted by Gasteiger charge is -2.23. The molecule has 1 heterocycles. The second-order valence-corrected chi connectivity index (χ2v) is 8.65. The average molecular weight is 434 g/mol. The van der Waals surface area contributed by atoms with Gasteiger partial charge in [0.2, 0.25) is 0 Å². The quantitative estimate of drug-likeness (QED) is 0.388. The van der Waals surface area contributed by atoms with Crippen molar-refractivity contribution in [2.75, 3.05) is 13.1 Å². The molecule has 0 saturated carbocycles. The maximum Gasteiger partial charge on any atom is 0.191 e. The molecule has 6 nitrogen and oxygen atoms in total. The Labute approximate surface area is 191 Å². The van der Waals surface area contributed by atoms with Gasteiger partial charge < -0.3 is 19.9 Å². The number of rotatable bonds is 9. The third-order valence-corrected chi connectivity index (χ3v) is 4.78. The number of nitrogens with one attached hydrogen (secondary N) is 2. The van der Waals surface area contributed by atoms with Gasteiger partial charge in [-0.15, -0.1) is 0 Å². The van der Waals surface area contributed by atoms with Gasteiger partial charge in [0.15, 0.2) is 5.96 Å². The number of hydrogen-bond acceptors (Lipinski definition) is 3. The van der Waals surface area contributed by atoms with E-state index >= 15 is 0 Å². The molecule has 32 heavy (non-hydrogen) atoms. The fourth-order valence-electron chi connectivity index (χ4n) is 3.35. The van der Waals surface area contributed by atoms with E-state index in [9.17, 15) is 0 Å². The van der Waals surface area contributed by atoms with Gasteiger partial charge in [-0.25, -0.2) is 9.98 Å². The van der Waals surface area contributed by atoms with E-state index in [1.54, 1.807) is 0 Å². The zero-order valence-electron chi connectivity index (χ0n) is 19.6. The summed E-state index contributed by atoms with van der Waals surface area (Å²) in [6, 6.07) is 18.5. The van der Waals surface area contributed by atoms with E-state index in [2.05, 4.69) is 78.2 Å². The fraction of sp³-hybridized carbons (Fsp3) is 0.385. The van der Waals surface area contributed by atoms with Crippen LogP contribution in [0.2, 0.25) is 0 Å². The lowest BCUT2D eigenvalue weighted by molar-refractivity contribution is 0.129. The van der Waals surface area contributed by atoms with Crippen LogP contribution in [0.4, 0.5) is 0 Å². The molecule has 0 atom stereocenters. The molecule has 0 aliphatic heterocycles. The van der Waals surface area contributed by atoms with E-state index in [0.29, 0.717) is 6.54 Å². The normalized spacial score (nSPS) is 11.9. The summed E-state index contributed by atoms with van der Waals surface area (Å²) in [7, 11) is 0. The zero-order valence-corrected chi connectivity index (χ0v) is 19.6. The van der Waals surface area contributed by atoms with Crippen LogP contribution in [0.5, 0.6) is 5.75 Å². The Morgan fingerprint density at radius 1 is 1.03 bits per heavy atom. The molecule has 2 aromatic carbocycles. The molecule has 0 fully saturated rings. The minimum atomic E-state index is -0.246. The first-order valence-corrected chi connectivity index (χ1v) is 11.3. The first-order chi connectivity index (χ1) is 15.4. The highest BCUT2D eigenvalue weighted by Gasteiger charge is 2.14. The molecule has 0 aliphatic rings. The van der Waals surface area contributed by atoms with Crippen LogP contribution >= 0.6 is 0 Å². The van der Waals surface area contributed by atoms with E-state index in [1.165, 1.54) is 5.56 Å². The maximum absolute atomic E-state index is 6.10. The summed E-state index contributed by atoms with van der Waals surface area (Å²) < 4.78 is 8.29. The van der Waals surface area contributed by atoms with Crippen molar-refractivity contribution in [2.45, 2.75) is 52.8 Å². The molecule has 6 heteroatoms. The number of aromatic nitrogens is 2. The summed E-state index contributed by atoms with van der Waals surface area (Å²) >= 11 is 0. The van der Waals surface area contributed by atoms with Gasteiger partial charge in [-0.2, -0.15) is 0 Å². The molecule has 3 aromatic rings. The highest BCUT2D eigenvalue weighted by atomic mass is 16.5. The number of hydrogen-bond donors (Lipinski definition) is 2. The number of ether oxygens (including phenoxy) is 1. The summed E-state index contributed by atoms with van der Waals surface area (Å²) in [5.74, 6) is 2.72. The Hall–Kier alpha value is -3.28. The second-order valence-electron chi connectivity index (χ2n) is 8.65. The summed E-state index contributed by atoms with van der Waals surface area (Å²) in [4.78, 5) is 9.31. The van der Waals surface area contributed by atoms with Crippen LogP contribution < -0.4 is 15.4 Å². The molecule has 0 bridgehead atoms. The largest absolute Gasteiger partial charge is 0.488 e. The zero-order chi connectivity index (χ0) is 22.8. The topological polar surface area (TPSA) is 63.5 Å². The first kappa shape index (κ1) is 23.4. The molecule has 0 radical (unpaired) electrons. The van der Waals surface area contributed by atoms with Crippen molar-refractivity contribution in [2.24, 2.45) is 4.99 Å². The predicted molar refractivity (Wildman–Crippen MR) is 131 cm³/mol. The van der Waals surface area contributed by atoms with Crippen LogP contribution in [0.25, 0.3) is 0 Å². The molecular formula is C26H35N5O. The lowest BCUT2D eigenvalue weighted by Crippen LogP contribution is -2.38. The third kappa shape index (κ3) is 7.45. The summed E-state index contributed by atoms with van der Waals surface area (Å²) in [5.41, 5.74) is 2.09. The van der Waals surface area contributed by atoms with Gasteiger partial charge in [-0.05, 0) is 39.3 Å². The van der Waals surface area contributed by atoms with E-state index in [0.717, 1.165) is 49.2 Å². The minimum Gasteiger partial charge on any atom is -0.488 e. The van der Waals surface area contributed by atoms with Gasteiger partial charge in [0.25, 0.3) is 0 Å². The van der Waals surface area contributed by atoms with Crippen LogP contribution in [-0.4, -0.2) is 34.2 Å². The van der Waals surface area contributed by atoms with Gasteiger partial charge >= 0.3 is 0 Å². The van der Waals surface area contributed by atoms with Gasteiger partial charge in [0.1, 0.15) is 17.2 Å². The van der Waals surface area contributed by atoms with Crippen molar-refractivity contribution < 1.29 is 4.74 Å². The monoisotopic (exact) mass is 433 g/mol. The number of guanidine groups is 1. The SMILES string of the molecule is CCNC(=NCc1ccccc1OC(C)(C)C)NCCc1nccn1Cc1ccccc1. The van der Waals surface area contributed by atoms with Gasteiger partial charge in [0.05, 0.1) is 6.54 Å². The highest BCUT2D eigenvalue weighted by molar-refractivity contribution is 5.79. The number of imidazole rings is 1. The highest BCUT2D eigenvalue weighted by Crippen LogP contribution is 2.23. The van der Waals surface area contributed by atoms with Gasteiger partial charge in [-0.1, -0.05) is 48.5 Å². The Bertz CT molecular complexity index is 989. The standard InChI is InChI=1S/C26H35N5O/c1-5-27-25(30-19-22-13-9-10-14-23(22)32-26(2,3)4)29-16-15-24-28-17-18-31(24)20-21-11-7-6-8-12-21/h6-14,17-18H,5,15-16,19-20H2,1-4H3,(H2,27,29,30). The van der Waals surface area contributed by atoms with Gasteiger partial charge in [0, 0.05) is 44.0 Å². The van der Waals surface area contributed by atoms with Crippen molar-refractivity contribution in [3.05, 3.63) is 83.9 Å². The fourth-order valence-corrected chi connectivity index (χ4v) is 3.35. The molecule has 1 aromatic heterocycles. The first-order valence-electron chi connectivity index (χ1n) is 11.3. The second kappa shape index (κ2) is 11.4. The number of para-hydroxylation sites is 1. The lowest BCUT2D eigenvalue weighted by atomic mass is 10.1. The van der Waals surface area contributed by atoms with Crippen molar-refractivity contribution in [3.63, 3.8) is 0 Å². The van der Waals surface area contributed by atoms with E-state index in [4.69, 9.17) is 9.73 Å². The van der Waals surface area contributed by atoms with E-state index in [1.807, 2.05) is 36.7 Å². The molecule has 0 saturated heterocycles. The van der Waals surface area contributed by atoms with Crippen molar-refractivity contribution >= 4 is 5.96 Å². The van der Waals surface area contributed by atoms with Crippen molar-refractivity contribution in [1.82, 2.24) is 20.2 Å². The third-order valence-electron chi connectivity index (χ3n) is 4.78. The molecule has 3 rings (SSSR count). The molecule has 0 amide bonds. The van der Waals surface area contributed by atoms with Crippen LogP contribution in [-0.2, 0) is 19.5 Å². The van der Waals surface area contributed by atoms with Crippen molar-refractivity contribution in [3.8, 4) is 5.75 Å². The van der Waals surface area contributed by atoms with E-state index < -0.39 is 0 Å². The van der Waals surface area contributed by atoms with Crippen LogP contribution in [0.1, 0.15) is 44.6 Å². The molecule has 0 spiro atoms. The molecule has 0 unspecified atom stereocenters. The van der Waals surface area contributed by atoms with Crippen molar-refractivity contribution in [1.29, 1.82) is 0 Å². The summed E-state index contributed by atoms with van der Waals surface area (Å²) in [5, 5.41) is 6.76. The summed E-state index contributed by atoms with van der Waals surface area (Å²) in [6.45, 7) is 11.2. The van der Waals surface area contributed by atoms with Gasteiger partial charge in [-0.3, -0.25) is 0 Å². The predicted octanol–water partition coefficient (Wildman–Crippen LogP) is 4.41. The summed E-state index contributed by atoms with van der Waals surface area (Å²) in [6.07, 6.45) is 4.71. The Morgan fingerprint density at radius 3 is 2.53 bits per heavy atom. The Balaban J connectivity index is 1.59. The molecule has 170 valence electrons. The number of aliphatic imine (C=N–C) groups is 1. The van der Waals surface area contributed by atoms with E-state index in [-0.39, 0.29) is 5.60 Å². The average Bonchev–Trinajstić information content (AvgIpc) is 3.19. The maximum atomic E-state index is 6.10. The number of benzene rings is 2. The molecular weight excluding hydrogens is 398 g/mol. The minimum absolute atomic E-state index is 0.246. The van der Waals surface area contributed by atoms with Crippen LogP contribution in [0.15, 0.2) is 72.0 Å². The number of nitrogens with zero attached hydrogens (tertiary/aromatic N) is 3. The van der Waals surface area contributed by atoms with Crippen LogP contribution in [0.3, 0.4) is 0 Å². The molecule has 2 N–H and O–H groups in total.